The van der Waals surface area contributed by atoms with E-state index in [1.165, 1.54) is 12.1 Å². The zero-order valence-electron chi connectivity index (χ0n) is 13.2. The van der Waals surface area contributed by atoms with Gasteiger partial charge in [-0.15, -0.1) is 24.0 Å². The molecule has 0 fully saturated rings. The lowest BCUT2D eigenvalue weighted by atomic mass is 10.2. The van der Waals surface area contributed by atoms with Gasteiger partial charge in [-0.25, -0.2) is 14.4 Å². The van der Waals surface area contributed by atoms with E-state index < -0.39 is 0 Å². The van der Waals surface area contributed by atoms with E-state index >= 15 is 0 Å². The number of aromatic nitrogens is 2. The van der Waals surface area contributed by atoms with Crippen molar-refractivity contribution in [3.8, 4) is 0 Å². The Morgan fingerprint density at radius 1 is 1.35 bits per heavy atom. The van der Waals surface area contributed by atoms with E-state index in [1.54, 1.807) is 12.3 Å². The van der Waals surface area contributed by atoms with Crippen molar-refractivity contribution in [1.29, 1.82) is 0 Å². The van der Waals surface area contributed by atoms with Crippen molar-refractivity contribution in [1.82, 2.24) is 20.2 Å². The summed E-state index contributed by atoms with van der Waals surface area (Å²) in [6, 6.07) is 6.51. The van der Waals surface area contributed by atoms with Crippen molar-refractivity contribution in [2.45, 2.75) is 26.4 Å². The standard InChI is InChI=1S/C16H22FN5.HI/c1-2-19-16(20-7-4-9-22-10-8-18-13-22)21-12-14-5-3-6-15(17)11-14;/h3,5-6,8,10-11,13H,2,4,7,9,12H2,1H3,(H2,19,20,21);1H. The lowest BCUT2D eigenvalue weighted by molar-refractivity contribution is 0.623. The van der Waals surface area contributed by atoms with Crippen LogP contribution in [0.25, 0.3) is 0 Å². The Hall–Kier alpha value is -1.64. The average Bonchev–Trinajstić information content (AvgIpc) is 3.02. The first-order chi connectivity index (χ1) is 10.8. The van der Waals surface area contributed by atoms with E-state index in [0.29, 0.717) is 6.54 Å². The number of imidazole rings is 1. The van der Waals surface area contributed by atoms with Crippen LogP contribution in [0.5, 0.6) is 0 Å². The summed E-state index contributed by atoms with van der Waals surface area (Å²) in [6.07, 6.45) is 6.51. The van der Waals surface area contributed by atoms with E-state index in [2.05, 4.69) is 20.6 Å². The zero-order chi connectivity index (χ0) is 15.6. The molecule has 7 heteroatoms. The molecule has 0 bridgehead atoms. The SMILES string of the molecule is CCNC(=NCc1cccc(F)c1)NCCCn1ccnc1.I. The highest BCUT2D eigenvalue weighted by Gasteiger charge is 1.99. The summed E-state index contributed by atoms with van der Waals surface area (Å²) < 4.78 is 15.2. The first-order valence-electron chi connectivity index (χ1n) is 7.50. The summed E-state index contributed by atoms with van der Waals surface area (Å²) in [7, 11) is 0. The highest BCUT2D eigenvalue weighted by atomic mass is 127. The van der Waals surface area contributed by atoms with Crippen LogP contribution in [0.4, 0.5) is 4.39 Å². The Bertz CT molecular complexity index is 586. The van der Waals surface area contributed by atoms with Crippen molar-refractivity contribution >= 4 is 29.9 Å². The molecule has 0 aliphatic rings. The Kier molecular flexibility index (Phi) is 9.27. The number of nitrogens with zero attached hydrogens (tertiary/aromatic N) is 3. The molecule has 0 saturated carbocycles. The van der Waals surface area contributed by atoms with E-state index in [-0.39, 0.29) is 29.8 Å². The minimum absolute atomic E-state index is 0. The molecule has 0 radical (unpaired) electrons. The predicted molar refractivity (Wildman–Crippen MR) is 101 cm³/mol. The fraction of sp³-hybridized carbons (Fsp3) is 0.375. The molecule has 2 N–H and O–H groups in total. The van der Waals surface area contributed by atoms with E-state index in [1.807, 2.05) is 30.1 Å². The smallest absolute Gasteiger partial charge is 0.191 e. The van der Waals surface area contributed by atoms with Gasteiger partial charge in [0, 0.05) is 32.0 Å². The van der Waals surface area contributed by atoms with Crippen LogP contribution < -0.4 is 10.6 Å². The Balaban J connectivity index is 0.00000264. The van der Waals surface area contributed by atoms with Crippen molar-refractivity contribution in [2.75, 3.05) is 13.1 Å². The van der Waals surface area contributed by atoms with Crippen LogP contribution in [0.2, 0.25) is 0 Å². The Labute approximate surface area is 153 Å². The van der Waals surface area contributed by atoms with Crippen LogP contribution in [0.1, 0.15) is 18.9 Å². The van der Waals surface area contributed by atoms with Gasteiger partial charge < -0.3 is 15.2 Å². The van der Waals surface area contributed by atoms with Gasteiger partial charge in [-0.05, 0) is 31.0 Å². The summed E-state index contributed by atoms with van der Waals surface area (Å²) >= 11 is 0. The monoisotopic (exact) mass is 431 g/mol. The number of hydrogen-bond acceptors (Lipinski definition) is 2. The van der Waals surface area contributed by atoms with E-state index in [0.717, 1.165) is 37.6 Å². The molecule has 1 aromatic heterocycles. The highest BCUT2D eigenvalue weighted by Crippen LogP contribution is 2.04. The van der Waals surface area contributed by atoms with Gasteiger partial charge in [0.25, 0.3) is 0 Å². The molecule has 0 amide bonds. The van der Waals surface area contributed by atoms with Gasteiger partial charge in [-0.3, -0.25) is 0 Å². The van der Waals surface area contributed by atoms with Gasteiger partial charge in [0.1, 0.15) is 5.82 Å². The molecule has 0 saturated heterocycles. The molecule has 1 heterocycles. The molecule has 2 aromatic rings. The summed E-state index contributed by atoms with van der Waals surface area (Å²) in [4.78, 5) is 8.48. The topological polar surface area (TPSA) is 54.2 Å². The second-order valence-electron chi connectivity index (χ2n) is 4.91. The normalized spacial score (nSPS) is 11.0. The van der Waals surface area contributed by atoms with Crippen LogP contribution in [0.15, 0.2) is 48.0 Å². The molecule has 0 atom stereocenters. The minimum Gasteiger partial charge on any atom is -0.357 e. The number of hydrogen-bond donors (Lipinski definition) is 2. The molecule has 5 nitrogen and oxygen atoms in total. The number of halogens is 2. The summed E-state index contributed by atoms with van der Waals surface area (Å²) in [5, 5.41) is 6.47. The quantitative estimate of drug-likeness (QED) is 0.307. The average molecular weight is 431 g/mol. The van der Waals surface area contributed by atoms with Crippen molar-refractivity contribution < 1.29 is 4.39 Å². The molecular weight excluding hydrogens is 408 g/mol. The number of benzene rings is 1. The maximum absolute atomic E-state index is 13.1. The minimum atomic E-state index is -0.231. The highest BCUT2D eigenvalue weighted by molar-refractivity contribution is 14.0. The summed E-state index contributed by atoms with van der Waals surface area (Å²) in [6.45, 7) is 4.99. The second kappa shape index (κ2) is 11.0. The first kappa shape index (κ1) is 19.4. The van der Waals surface area contributed by atoms with Gasteiger partial charge in [0.05, 0.1) is 12.9 Å². The molecule has 126 valence electrons. The number of aliphatic imine (C=N–C) groups is 1. The third kappa shape index (κ3) is 7.45. The third-order valence-electron chi connectivity index (χ3n) is 3.10. The molecule has 1 aromatic carbocycles. The van der Waals surface area contributed by atoms with Gasteiger partial charge in [-0.2, -0.15) is 0 Å². The largest absolute Gasteiger partial charge is 0.357 e. The van der Waals surface area contributed by atoms with Crippen LogP contribution >= 0.6 is 24.0 Å². The Morgan fingerprint density at radius 3 is 2.91 bits per heavy atom. The Morgan fingerprint density at radius 2 is 2.22 bits per heavy atom. The lowest BCUT2D eigenvalue weighted by Crippen LogP contribution is -2.38. The van der Waals surface area contributed by atoms with Crippen molar-refractivity contribution in [2.24, 2.45) is 4.99 Å². The second-order valence-corrected chi connectivity index (χ2v) is 4.91. The zero-order valence-corrected chi connectivity index (χ0v) is 15.5. The fourth-order valence-corrected chi connectivity index (χ4v) is 2.03. The fourth-order valence-electron chi connectivity index (χ4n) is 2.03. The van der Waals surface area contributed by atoms with E-state index in [9.17, 15) is 4.39 Å². The molecule has 0 aliphatic heterocycles. The molecule has 0 spiro atoms. The van der Waals surface area contributed by atoms with Crippen LogP contribution in [-0.4, -0.2) is 28.6 Å². The predicted octanol–water partition coefficient (Wildman–Crippen LogP) is 2.79. The van der Waals surface area contributed by atoms with Gasteiger partial charge in [-0.1, -0.05) is 12.1 Å². The molecule has 0 aliphatic carbocycles. The maximum Gasteiger partial charge on any atom is 0.191 e. The summed E-state index contributed by atoms with van der Waals surface area (Å²) in [5.41, 5.74) is 0.857. The van der Waals surface area contributed by atoms with Gasteiger partial charge in [0.15, 0.2) is 5.96 Å². The van der Waals surface area contributed by atoms with Crippen LogP contribution in [0, 0.1) is 5.82 Å². The van der Waals surface area contributed by atoms with E-state index in [4.69, 9.17) is 0 Å². The molecule has 2 rings (SSSR count). The van der Waals surface area contributed by atoms with Crippen LogP contribution in [-0.2, 0) is 13.1 Å². The van der Waals surface area contributed by atoms with Gasteiger partial charge in [0.2, 0.25) is 0 Å². The number of aryl methyl sites for hydroxylation is 1. The summed E-state index contributed by atoms with van der Waals surface area (Å²) in [5.74, 6) is 0.517. The van der Waals surface area contributed by atoms with Gasteiger partial charge >= 0.3 is 0 Å². The molecule has 0 unspecified atom stereocenters. The number of guanidine groups is 1. The third-order valence-corrected chi connectivity index (χ3v) is 3.10. The van der Waals surface area contributed by atoms with Crippen LogP contribution in [0.3, 0.4) is 0 Å². The molecule has 23 heavy (non-hydrogen) atoms. The lowest BCUT2D eigenvalue weighted by Gasteiger charge is -2.11. The van der Waals surface area contributed by atoms with Crippen molar-refractivity contribution in [3.05, 3.63) is 54.4 Å². The number of nitrogens with one attached hydrogen (secondary N) is 2. The molecular formula is C16H23FIN5. The first-order valence-corrected chi connectivity index (χ1v) is 7.50. The van der Waals surface area contributed by atoms with Crippen molar-refractivity contribution in [3.63, 3.8) is 0 Å². The number of rotatable bonds is 7. The maximum atomic E-state index is 13.1.